The molecule has 0 saturated carbocycles. The van der Waals surface area contributed by atoms with Gasteiger partial charge in [0.15, 0.2) is 0 Å². The summed E-state index contributed by atoms with van der Waals surface area (Å²) >= 11 is 12.1. The molecule has 0 saturated heterocycles. The Morgan fingerprint density at radius 2 is 1.83 bits per heavy atom. The van der Waals surface area contributed by atoms with Crippen molar-refractivity contribution < 1.29 is 24.2 Å². The number of hydrogen-bond donors (Lipinski definition) is 3. The predicted molar refractivity (Wildman–Crippen MR) is 133 cm³/mol. The van der Waals surface area contributed by atoms with Crippen LogP contribution < -0.4 is 15.4 Å². The molecule has 186 valence electrons. The molecule has 1 heterocycles. The Bertz CT molecular complexity index is 1090. The van der Waals surface area contributed by atoms with Gasteiger partial charge in [-0.15, -0.1) is 0 Å². The molecule has 1 atom stereocenters. The molecule has 0 fully saturated rings. The molecule has 35 heavy (non-hydrogen) atoms. The summed E-state index contributed by atoms with van der Waals surface area (Å²) in [6.45, 7) is 1.38. The quantitative estimate of drug-likeness (QED) is 0.391. The number of aliphatic carboxylic acids is 1. The van der Waals surface area contributed by atoms with Crippen LogP contribution in [-0.2, 0) is 16.0 Å². The van der Waals surface area contributed by atoms with Gasteiger partial charge in [-0.05, 0) is 42.7 Å². The SMILES string of the molecule is CN1C(=O)CN=C1NCCCCOc1ccc(CC(NC(=O)c2c(Cl)cccc2Cl)C(=O)O)cc1. The number of guanidine groups is 1. The summed E-state index contributed by atoms with van der Waals surface area (Å²) in [7, 11) is 1.69. The second-order valence-corrected chi connectivity index (χ2v) is 8.70. The Balaban J connectivity index is 1.43. The third kappa shape index (κ3) is 7.34. The molecule has 2 aromatic carbocycles. The van der Waals surface area contributed by atoms with Crippen molar-refractivity contribution in [2.24, 2.45) is 4.99 Å². The van der Waals surface area contributed by atoms with Gasteiger partial charge in [-0.3, -0.25) is 14.5 Å². The largest absolute Gasteiger partial charge is 0.494 e. The van der Waals surface area contributed by atoms with Crippen molar-refractivity contribution in [2.75, 3.05) is 26.7 Å². The van der Waals surface area contributed by atoms with Gasteiger partial charge in [0.1, 0.15) is 18.3 Å². The minimum Gasteiger partial charge on any atom is -0.494 e. The van der Waals surface area contributed by atoms with Crippen LogP contribution in [0.25, 0.3) is 0 Å². The highest BCUT2D eigenvalue weighted by Gasteiger charge is 2.24. The van der Waals surface area contributed by atoms with Crippen molar-refractivity contribution in [1.29, 1.82) is 0 Å². The van der Waals surface area contributed by atoms with Crippen LogP contribution in [-0.4, -0.2) is 66.5 Å². The van der Waals surface area contributed by atoms with Gasteiger partial charge in [0.2, 0.25) is 5.96 Å². The van der Waals surface area contributed by atoms with Crippen LogP contribution in [0.5, 0.6) is 5.75 Å². The van der Waals surface area contributed by atoms with Crippen molar-refractivity contribution in [3.63, 3.8) is 0 Å². The van der Waals surface area contributed by atoms with Gasteiger partial charge in [0, 0.05) is 20.0 Å². The first-order chi connectivity index (χ1) is 16.8. The third-order valence-electron chi connectivity index (χ3n) is 5.34. The standard InChI is InChI=1S/C24H26Cl2N4O5/c1-30-20(31)14-28-24(30)27-11-2-3-12-35-16-9-7-15(8-10-16)13-19(23(33)34)29-22(32)21-17(25)5-4-6-18(21)26/h4-10,19H,2-3,11-14H2,1H3,(H,27,28)(H,29,32)(H,33,34). The van der Waals surface area contributed by atoms with Gasteiger partial charge in [0.05, 0.1) is 22.2 Å². The summed E-state index contributed by atoms with van der Waals surface area (Å²) in [5, 5.41) is 15.5. The summed E-state index contributed by atoms with van der Waals surface area (Å²) in [4.78, 5) is 41.3. The van der Waals surface area contributed by atoms with Crippen LogP contribution in [0.4, 0.5) is 0 Å². The number of aliphatic imine (C=N–C) groups is 1. The minimum atomic E-state index is -1.17. The summed E-state index contributed by atoms with van der Waals surface area (Å²) in [6.07, 6.45) is 1.72. The molecule has 3 N–H and O–H groups in total. The number of rotatable bonds is 11. The van der Waals surface area contributed by atoms with E-state index >= 15 is 0 Å². The molecular weight excluding hydrogens is 495 g/mol. The van der Waals surface area contributed by atoms with Gasteiger partial charge < -0.3 is 20.5 Å². The van der Waals surface area contributed by atoms with Crippen molar-refractivity contribution in [3.8, 4) is 5.75 Å². The Kier molecular flexibility index (Phi) is 9.33. The van der Waals surface area contributed by atoms with Crippen LogP contribution in [0.1, 0.15) is 28.8 Å². The van der Waals surface area contributed by atoms with Crippen molar-refractivity contribution >= 4 is 46.9 Å². The molecular formula is C24H26Cl2N4O5. The number of carbonyl (C=O) groups excluding carboxylic acids is 2. The van der Waals surface area contributed by atoms with E-state index in [2.05, 4.69) is 15.6 Å². The van der Waals surface area contributed by atoms with Gasteiger partial charge >= 0.3 is 5.97 Å². The van der Waals surface area contributed by atoms with E-state index in [1.807, 2.05) is 0 Å². The van der Waals surface area contributed by atoms with Crippen LogP contribution in [0.3, 0.4) is 0 Å². The number of carboxylic acids is 1. The van der Waals surface area contributed by atoms with Crippen molar-refractivity contribution in [2.45, 2.75) is 25.3 Å². The molecule has 3 rings (SSSR count). The van der Waals surface area contributed by atoms with E-state index < -0.39 is 17.9 Å². The topological polar surface area (TPSA) is 120 Å². The summed E-state index contributed by atoms with van der Waals surface area (Å²) in [5.41, 5.74) is 0.758. The van der Waals surface area contributed by atoms with Gasteiger partial charge in [-0.2, -0.15) is 0 Å². The Morgan fingerprint density at radius 1 is 1.14 bits per heavy atom. The number of nitrogens with one attached hydrogen (secondary N) is 2. The van der Waals surface area contributed by atoms with Crippen LogP contribution in [0.15, 0.2) is 47.5 Å². The van der Waals surface area contributed by atoms with Crippen LogP contribution in [0.2, 0.25) is 10.0 Å². The lowest BCUT2D eigenvalue weighted by Crippen LogP contribution is -2.42. The molecule has 1 unspecified atom stereocenters. The monoisotopic (exact) mass is 520 g/mol. The predicted octanol–water partition coefficient (Wildman–Crippen LogP) is 3.00. The third-order valence-corrected chi connectivity index (χ3v) is 5.97. The van der Waals surface area contributed by atoms with Gasteiger partial charge in [0.25, 0.3) is 11.8 Å². The van der Waals surface area contributed by atoms with E-state index in [4.69, 9.17) is 27.9 Å². The van der Waals surface area contributed by atoms with Crippen molar-refractivity contribution in [1.82, 2.24) is 15.5 Å². The Labute approximate surface area is 213 Å². The fourth-order valence-corrected chi connectivity index (χ4v) is 3.94. The highest BCUT2D eigenvalue weighted by atomic mass is 35.5. The highest BCUT2D eigenvalue weighted by molar-refractivity contribution is 6.39. The van der Waals surface area contributed by atoms with Crippen LogP contribution >= 0.6 is 23.2 Å². The molecule has 0 bridgehead atoms. The summed E-state index contributed by atoms with van der Waals surface area (Å²) in [5.74, 6) is -0.597. The zero-order valence-corrected chi connectivity index (χ0v) is 20.6. The first-order valence-corrected chi connectivity index (χ1v) is 11.8. The average Bonchev–Trinajstić information content (AvgIpc) is 3.14. The molecule has 9 nitrogen and oxygen atoms in total. The first-order valence-electron chi connectivity index (χ1n) is 11.0. The lowest BCUT2D eigenvalue weighted by molar-refractivity contribution is -0.139. The lowest BCUT2D eigenvalue weighted by Gasteiger charge is -2.16. The van der Waals surface area contributed by atoms with E-state index in [1.54, 1.807) is 37.4 Å². The number of ether oxygens (including phenoxy) is 1. The molecule has 1 aliphatic heterocycles. The minimum absolute atomic E-state index is 0.0266. The second-order valence-electron chi connectivity index (χ2n) is 7.88. The number of likely N-dealkylation sites (N-methyl/N-ethyl adjacent to an activating group) is 1. The van der Waals surface area contributed by atoms with E-state index in [0.717, 1.165) is 18.4 Å². The number of amides is 2. The normalized spacial score (nSPS) is 13.9. The number of benzene rings is 2. The number of nitrogens with zero attached hydrogens (tertiary/aromatic N) is 2. The van der Waals surface area contributed by atoms with Crippen molar-refractivity contribution in [3.05, 3.63) is 63.6 Å². The van der Waals surface area contributed by atoms with E-state index in [1.165, 1.54) is 17.0 Å². The molecule has 0 spiro atoms. The first kappa shape index (κ1) is 26.3. The zero-order chi connectivity index (χ0) is 25.4. The highest BCUT2D eigenvalue weighted by Crippen LogP contribution is 2.24. The van der Waals surface area contributed by atoms with Gasteiger partial charge in [-0.25, -0.2) is 9.79 Å². The zero-order valence-electron chi connectivity index (χ0n) is 19.1. The van der Waals surface area contributed by atoms with E-state index in [0.29, 0.717) is 24.9 Å². The number of carbonyl (C=O) groups is 3. The molecule has 11 heteroatoms. The summed E-state index contributed by atoms with van der Waals surface area (Å²) < 4.78 is 5.73. The fraction of sp³-hybridized carbons (Fsp3) is 0.333. The van der Waals surface area contributed by atoms with E-state index in [9.17, 15) is 19.5 Å². The molecule has 2 amide bonds. The Hall–Kier alpha value is -3.30. The maximum atomic E-state index is 12.6. The second kappa shape index (κ2) is 12.4. The van der Waals surface area contributed by atoms with Gasteiger partial charge in [-0.1, -0.05) is 41.4 Å². The van der Waals surface area contributed by atoms with E-state index in [-0.39, 0.29) is 34.5 Å². The van der Waals surface area contributed by atoms with Crippen LogP contribution in [0, 0.1) is 0 Å². The molecule has 0 aromatic heterocycles. The smallest absolute Gasteiger partial charge is 0.326 e. The average molecular weight is 521 g/mol. The summed E-state index contributed by atoms with van der Waals surface area (Å²) in [6, 6.07) is 10.5. The fourth-order valence-electron chi connectivity index (χ4n) is 3.37. The number of carboxylic acid groups (broad SMARTS) is 1. The number of halogens is 2. The Morgan fingerprint density at radius 3 is 2.43 bits per heavy atom. The maximum absolute atomic E-state index is 12.6. The lowest BCUT2D eigenvalue weighted by atomic mass is 10.1. The number of hydrogen-bond acceptors (Lipinski definition) is 6. The molecule has 0 radical (unpaired) electrons. The number of unbranched alkanes of at least 4 members (excludes halogenated alkanes) is 1. The molecule has 1 aliphatic rings. The maximum Gasteiger partial charge on any atom is 0.326 e. The molecule has 2 aromatic rings. The molecule has 0 aliphatic carbocycles.